The van der Waals surface area contributed by atoms with Crippen molar-refractivity contribution in [3.8, 4) is 22.3 Å². The second-order valence-corrected chi connectivity index (χ2v) is 12.9. The molecule has 0 fully saturated rings. The summed E-state index contributed by atoms with van der Waals surface area (Å²) >= 11 is 0. The number of nitrogen functional groups attached to an aromatic ring is 1. The van der Waals surface area contributed by atoms with Crippen LogP contribution < -0.4 is 5.73 Å². The predicted octanol–water partition coefficient (Wildman–Crippen LogP) is 8.65. The molecular weight excluding hydrogens is 530 g/mol. The molecule has 0 aliphatic carbocycles. The highest BCUT2D eigenvalue weighted by molar-refractivity contribution is 7.86. The van der Waals surface area contributed by atoms with Gasteiger partial charge in [-0.2, -0.15) is 8.42 Å². The molecule has 4 rings (SSSR count). The maximum Gasteiger partial charge on any atom is 0.295 e. The summed E-state index contributed by atoms with van der Waals surface area (Å²) in [5, 5.41) is 0. The number of ketones is 1. The fourth-order valence-corrected chi connectivity index (χ4v) is 6.46. The summed E-state index contributed by atoms with van der Waals surface area (Å²) in [6, 6.07) is 23.5. The number of carbonyl (C=O) groups is 1. The predicted molar refractivity (Wildman–Crippen MR) is 168 cm³/mol. The van der Waals surface area contributed by atoms with E-state index in [1.807, 2.05) is 12.1 Å². The third-order valence-electron chi connectivity index (χ3n) is 7.58. The van der Waals surface area contributed by atoms with Gasteiger partial charge in [0, 0.05) is 23.2 Å². The molecule has 214 valence electrons. The van der Waals surface area contributed by atoms with E-state index in [4.69, 9.17) is 5.73 Å². The first-order valence-electron chi connectivity index (χ1n) is 14.1. The summed E-state index contributed by atoms with van der Waals surface area (Å²) in [6.07, 6.45) is 0.0546. The normalized spacial score (nSPS) is 12.0. The van der Waals surface area contributed by atoms with Gasteiger partial charge in [0.1, 0.15) is 4.90 Å². The van der Waals surface area contributed by atoms with Crippen molar-refractivity contribution >= 4 is 21.6 Å². The molecule has 0 atom stereocenters. The van der Waals surface area contributed by atoms with E-state index < -0.39 is 10.1 Å². The van der Waals surface area contributed by atoms with E-state index in [1.54, 1.807) is 48.5 Å². The monoisotopic (exact) mass is 569 g/mol. The Balaban J connectivity index is 2.04. The Morgan fingerprint density at radius 3 is 1.68 bits per heavy atom. The second-order valence-electron chi connectivity index (χ2n) is 11.5. The lowest BCUT2D eigenvalue weighted by Gasteiger charge is -2.24. The third kappa shape index (κ3) is 6.29. The smallest absolute Gasteiger partial charge is 0.295 e. The molecule has 3 N–H and O–H groups in total. The molecule has 0 radical (unpaired) electrons. The number of rotatable bonds is 9. The average Bonchev–Trinajstić information content (AvgIpc) is 2.92. The van der Waals surface area contributed by atoms with Crippen molar-refractivity contribution in [3.05, 3.63) is 107 Å². The molecule has 0 aromatic heterocycles. The molecule has 0 amide bonds. The first-order chi connectivity index (χ1) is 19.3. The number of hydrogen-bond donors (Lipinski definition) is 2. The summed E-state index contributed by atoms with van der Waals surface area (Å²) in [4.78, 5) is 14.0. The van der Waals surface area contributed by atoms with Crippen molar-refractivity contribution in [2.75, 3.05) is 5.73 Å². The fraction of sp³-hybridized carbons (Fsp3) is 0.286. The molecule has 5 nitrogen and oxygen atoms in total. The van der Waals surface area contributed by atoms with Gasteiger partial charge in [0.2, 0.25) is 0 Å². The molecule has 0 saturated carbocycles. The fourth-order valence-electron chi connectivity index (χ4n) is 5.52. The molecule has 0 aliphatic heterocycles. The number of anilines is 1. The number of benzene rings is 4. The standard InChI is InChI=1S/C35H39NO4S/c1-21(2)26-17-27(22(3)4)30(28(18-26)23(5)6)20-32(37)34-31(36)19-29(24-13-9-7-10-14-24)35(41(38,39)40)33(34)25-15-11-8-12-16-25/h7-19,21-23H,20,36H2,1-6H3,(H,38,39,40). The van der Waals surface area contributed by atoms with Crippen molar-refractivity contribution in [2.45, 2.75) is 70.6 Å². The van der Waals surface area contributed by atoms with Crippen LogP contribution in [0.1, 0.15) is 91.9 Å². The Hall–Kier alpha value is -3.74. The zero-order valence-corrected chi connectivity index (χ0v) is 25.4. The summed E-state index contributed by atoms with van der Waals surface area (Å²) in [5.41, 5.74) is 12.7. The molecule has 4 aromatic rings. The molecule has 6 heteroatoms. The molecule has 4 aromatic carbocycles. The van der Waals surface area contributed by atoms with Gasteiger partial charge >= 0.3 is 0 Å². The minimum absolute atomic E-state index is 0.0546. The Bertz CT molecular complexity index is 1640. The lowest BCUT2D eigenvalue weighted by Crippen LogP contribution is -2.16. The minimum atomic E-state index is -4.77. The van der Waals surface area contributed by atoms with Crippen molar-refractivity contribution in [2.24, 2.45) is 0 Å². The van der Waals surface area contributed by atoms with Crippen LogP contribution in [0.4, 0.5) is 5.69 Å². The maximum atomic E-state index is 14.4. The van der Waals surface area contributed by atoms with Crippen LogP contribution in [-0.4, -0.2) is 18.8 Å². The van der Waals surface area contributed by atoms with Gasteiger partial charge < -0.3 is 5.73 Å². The largest absolute Gasteiger partial charge is 0.398 e. The van der Waals surface area contributed by atoms with Gasteiger partial charge in [-0.15, -0.1) is 0 Å². The molecule has 0 unspecified atom stereocenters. The number of hydrogen-bond acceptors (Lipinski definition) is 4. The van der Waals surface area contributed by atoms with Crippen LogP contribution in [0.2, 0.25) is 0 Å². The van der Waals surface area contributed by atoms with Crippen molar-refractivity contribution in [3.63, 3.8) is 0 Å². The first kappa shape index (κ1) is 30.2. The van der Waals surface area contributed by atoms with E-state index in [0.29, 0.717) is 17.0 Å². The number of nitrogens with two attached hydrogens (primary N) is 1. The van der Waals surface area contributed by atoms with Crippen LogP contribution in [0.5, 0.6) is 0 Å². The van der Waals surface area contributed by atoms with Gasteiger partial charge in [-0.1, -0.05) is 114 Å². The molecule has 0 heterocycles. The van der Waals surface area contributed by atoms with Crippen LogP contribution in [0.15, 0.2) is 83.8 Å². The summed E-state index contributed by atoms with van der Waals surface area (Å²) in [7, 11) is -4.77. The molecule has 0 saturated heterocycles. The third-order valence-corrected chi connectivity index (χ3v) is 8.52. The Morgan fingerprint density at radius 1 is 0.756 bits per heavy atom. The van der Waals surface area contributed by atoms with E-state index in [-0.39, 0.29) is 51.3 Å². The average molecular weight is 570 g/mol. The molecule has 0 bridgehead atoms. The summed E-state index contributed by atoms with van der Waals surface area (Å²) < 4.78 is 36.7. The van der Waals surface area contributed by atoms with E-state index in [0.717, 1.165) is 16.7 Å². The van der Waals surface area contributed by atoms with E-state index >= 15 is 0 Å². The highest BCUT2D eigenvalue weighted by atomic mass is 32.2. The first-order valence-corrected chi connectivity index (χ1v) is 15.5. The zero-order valence-electron chi connectivity index (χ0n) is 24.6. The lowest BCUT2D eigenvalue weighted by molar-refractivity contribution is 0.0993. The highest BCUT2D eigenvalue weighted by Crippen LogP contribution is 2.42. The van der Waals surface area contributed by atoms with Gasteiger partial charge in [-0.25, -0.2) is 0 Å². The lowest BCUT2D eigenvalue weighted by atomic mass is 9.81. The minimum Gasteiger partial charge on any atom is -0.398 e. The SMILES string of the molecule is CC(C)c1cc(C(C)C)c(CC(=O)c2c(N)cc(-c3ccccc3)c(S(=O)(=O)O)c2-c2ccccc2)c(C(C)C)c1. The topological polar surface area (TPSA) is 97.5 Å². The number of Topliss-reactive ketones (excluding diaryl/α,β-unsaturated/α-hetero) is 1. The van der Waals surface area contributed by atoms with Crippen LogP contribution in [0, 0.1) is 0 Å². The highest BCUT2D eigenvalue weighted by Gasteiger charge is 2.31. The van der Waals surface area contributed by atoms with Crippen LogP contribution in [0.3, 0.4) is 0 Å². The van der Waals surface area contributed by atoms with Crippen LogP contribution in [0.25, 0.3) is 22.3 Å². The van der Waals surface area contributed by atoms with Gasteiger partial charge in [0.15, 0.2) is 5.78 Å². The Labute approximate surface area is 244 Å². The molecular formula is C35H39NO4S. The van der Waals surface area contributed by atoms with E-state index in [1.165, 1.54) is 11.6 Å². The maximum absolute atomic E-state index is 14.4. The van der Waals surface area contributed by atoms with Crippen molar-refractivity contribution in [1.82, 2.24) is 0 Å². The zero-order chi connectivity index (χ0) is 30.1. The Morgan fingerprint density at radius 2 is 1.24 bits per heavy atom. The van der Waals surface area contributed by atoms with Crippen molar-refractivity contribution < 1.29 is 17.8 Å². The second kappa shape index (κ2) is 12.0. The Kier molecular flexibility index (Phi) is 8.86. The number of carbonyl (C=O) groups excluding carboxylic acids is 1. The van der Waals surface area contributed by atoms with E-state index in [9.17, 15) is 17.8 Å². The van der Waals surface area contributed by atoms with Gasteiger partial charge in [0.05, 0.1) is 5.56 Å². The summed E-state index contributed by atoms with van der Waals surface area (Å²) in [6.45, 7) is 12.8. The van der Waals surface area contributed by atoms with Gasteiger partial charge in [0.25, 0.3) is 10.1 Å². The molecule has 41 heavy (non-hydrogen) atoms. The quantitative estimate of drug-likeness (QED) is 0.119. The van der Waals surface area contributed by atoms with Gasteiger partial charge in [-0.05, 0) is 57.2 Å². The molecule has 0 aliphatic rings. The van der Waals surface area contributed by atoms with Crippen LogP contribution in [-0.2, 0) is 16.5 Å². The molecule has 0 spiro atoms. The van der Waals surface area contributed by atoms with Gasteiger partial charge in [-0.3, -0.25) is 9.35 Å². The van der Waals surface area contributed by atoms with E-state index in [2.05, 4.69) is 53.7 Å². The van der Waals surface area contributed by atoms with Crippen LogP contribution >= 0.6 is 0 Å². The summed E-state index contributed by atoms with van der Waals surface area (Å²) in [5.74, 6) is 0.382. The van der Waals surface area contributed by atoms with Crippen molar-refractivity contribution in [1.29, 1.82) is 0 Å².